The zero-order valence-corrected chi connectivity index (χ0v) is 21.9. The Morgan fingerprint density at radius 3 is 2.68 bits per heavy atom. The van der Waals surface area contributed by atoms with Crippen LogP contribution < -0.4 is 10.6 Å². The van der Waals surface area contributed by atoms with Gasteiger partial charge in [-0.2, -0.15) is 0 Å². The molecule has 0 unspecified atom stereocenters. The standard InChI is InChI=1S/C28H31N5O4S/c34-24(29-15-14-19-7-2-1-3-8-19)13-12-23-27(36)33-26(31-23)21-10-4-5-11-22(21)32-28(33)38-18-25(35)30-17-20-9-6-16-37-20/h1-5,7-8,10-11,20,23H,6,9,12-18H2,(H,29,34)(H,30,35)/t20-,23+/m0/s1. The highest BCUT2D eigenvalue weighted by Crippen LogP contribution is 2.34. The average molecular weight is 534 g/mol. The molecule has 0 spiro atoms. The molecular formula is C28H31N5O4S. The van der Waals surface area contributed by atoms with Crippen LogP contribution in [0.4, 0.5) is 5.69 Å². The van der Waals surface area contributed by atoms with Gasteiger partial charge in [0, 0.05) is 31.7 Å². The number of hydrogen-bond acceptors (Lipinski definition) is 7. The van der Waals surface area contributed by atoms with E-state index < -0.39 is 6.04 Å². The topological polar surface area (TPSA) is 112 Å². The lowest BCUT2D eigenvalue weighted by Gasteiger charge is -2.25. The van der Waals surface area contributed by atoms with E-state index in [9.17, 15) is 14.4 Å². The van der Waals surface area contributed by atoms with E-state index in [0.29, 0.717) is 36.2 Å². The van der Waals surface area contributed by atoms with Crippen molar-refractivity contribution in [2.75, 3.05) is 25.4 Å². The van der Waals surface area contributed by atoms with Crippen LogP contribution in [0, 0.1) is 0 Å². The van der Waals surface area contributed by atoms with Gasteiger partial charge in [0.15, 0.2) is 5.17 Å². The molecule has 2 aromatic carbocycles. The highest BCUT2D eigenvalue weighted by atomic mass is 32.2. The molecule has 198 valence electrons. The number of hydrogen-bond donors (Lipinski definition) is 2. The van der Waals surface area contributed by atoms with Crippen LogP contribution in [0.2, 0.25) is 0 Å². The van der Waals surface area contributed by atoms with Crippen molar-refractivity contribution in [1.82, 2.24) is 15.5 Å². The molecule has 0 aliphatic carbocycles. The van der Waals surface area contributed by atoms with Crippen molar-refractivity contribution < 1.29 is 19.1 Å². The highest BCUT2D eigenvalue weighted by Gasteiger charge is 2.41. The third-order valence-electron chi connectivity index (χ3n) is 6.65. The zero-order chi connectivity index (χ0) is 26.3. The molecule has 9 nitrogen and oxygen atoms in total. The molecule has 3 aliphatic rings. The van der Waals surface area contributed by atoms with Gasteiger partial charge in [-0.3, -0.25) is 19.4 Å². The van der Waals surface area contributed by atoms with Crippen molar-refractivity contribution in [1.29, 1.82) is 0 Å². The Balaban J connectivity index is 1.18. The SMILES string of the molecule is O=C(CC[C@H]1N=C2c3ccccc3N=C(SCC(=O)NC[C@@H]3CCCO3)N2C1=O)NCCc1ccccc1. The fourth-order valence-corrected chi connectivity index (χ4v) is 5.48. The molecule has 3 amide bonds. The Labute approximate surface area is 226 Å². The predicted molar refractivity (Wildman–Crippen MR) is 148 cm³/mol. The number of amidine groups is 2. The zero-order valence-electron chi connectivity index (χ0n) is 21.1. The van der Waals surface area contributed by atoms with Crippen molar-refractivity contribution in [3.8, 4) is 0 Å². The quantitative estimate of drug-likeness (QED) is 0.488. The number of carbonyl (C=O) groups excluding carboxylic acids is 3. The van der Waals surface area contributed by atoms with Gasteiger partial charge in [0.2, 0.25) is 11.8 Å². The summed E-state index contributed by atoms with van der Waals surface area (Å²) >= 11 is 1.21. The van der Waals surface area contributed by atoms with Crippen molar-refractivity contribution in [3.63, 3.8) is 0 Å². The molecular weight excluding hydrogens is 502 g/mol. The van der Waals surface area contributed by atoms with Crippen molar-refractivity contribution in [2.24, 2.45) is 9.98 Å². The van der Waals surface area contributed by atoms with Gasteiger partial charge < -0.3 is 15.4 Å². The van der Waals surface area contributed by atoms with Crippen LogP contribution in [0.15, 0.2) is 64.6 Å². The first-order chi connectivity index (χ1) is 18.6. The van der Waals surface area contributed by atoms with Gasteiger partial charge in [0.05, 0.1) is 17.5 Å². The van der Waals surface area contributed by atoms with E-state index in [1.807, 2.05) is 54.6 Å². The lowest BCUT2D eigenvalue weighted by atomic mass is 10.1. The first kappa shape index (κ1) is 26.1. The summed E-state index contributed by atoms with van der Waals surface area (Å²) in [6.45, 7) is 1.76. The summed E-state index contributed by atoms with van der Waals surface area (Å²) in [4.78, 5) is 49.2. The van der Waals surface area contributed by atoms with E-state index in [0.717, 1.165) is 37.0 Å². The number of amides is 3. The number of thioether (sulfide) groups is 1. The van der Waals surface area contributed by atoms with Crippen molar-refractivity contribution >= 4 is 46.2 Å². The van der Waals surface area contributed by atoms with E-state index >= 15 is 0 Å². The summed E-state index contributed by atoms with van der Waals surface area (Å²) in [5.74, 6) is 0.181. The molecule has 2 aromatic rings. The first-order valence-electron chi connectivity index (χ1n) is 13.0. The Morgan fingerprint density at radius 2 is 1.87 bits per heavy atom. The van der Waals surface area contributed by atoms with E-state index in [1.54, 1.807) is 0 Å². The molecule has 2 N–H and O–H groups in total. The molecule has 1 saturated heterocycles. The van der Waals surface area contributed by atoms with E-state index in [4.69, 9.17) is 9.73 Å². The van der Waals surface area contributed by atoms with Gasteiger partial charge in [0.1, 0.15) is 11.9 Å². The minimum absolute atomic E-state index is 0.0676. The van der Waals surface area contributed by atoms with Crippen LogP contribution in [-0.2, 0) is 25.5 Å². The minimum Gasteiger partial charge on any atom is -0.376 e. The number of ether oxygens (including phenoxy) is 1. The maximum absolute atomic E-state index is 13.4. The average Bonchev–Trinajstić information content (AvgIpc) is 3.58. The summed E-state index contributed by atoms with van der Waals surface area (Å²) in [5, 5.41) is 6.26. The second-order valence-electron chi connectivity index (χ2n) is 9.41. The van der Waals surface area contributed by atoms with Gasteiger partial charge >= 0.3 is 0 Å². The molecule has 10 heteroatoms. The largest absolute Gasteiger partial charge is 0.376 e. The van der Waals surface area contributed by atoms with E-state index in [1.165, 1.54) is 16.7 Å². The van der Waals surface area contributed by atoms with Gasteiger partial charge in [0.25, 0.3) is 5.91 Å². The van der Waals surface area contributed by atoms with Crippen LogP contribution >= 0.6 is 11.8 Å². The molecule has 0 radical (unpaired) electrons. The summed E-state index contributed by atoms with van der Waals surface area (Å²) < 4.78 is 5.56. The Hall–Kier alpha value is -3.50. The fraction of sp³-hybridized carbons (Fsp3) is 0.393. The number of fused-ring (bicyclic) bond motifs is 3. The number of nitrogens with zero attached hydrogens (tertiary/aromatic N) is 3. The second-order valence-corrected chi connectivity index (χ2v) is 10.3. The maximum Gasteiger partial charge on any atom is 0.259 e. The van der Waals surface area contributed by atoms with Crippen LogP contribution in [0.3, 0.4) is 0 Å². The van der Waals surface area contributed by atoms with Crippen LogP contribution in [0.25, 0.3) is 0 Å². The summed E-state index contributed by atoms with van der Waals surface area (Å²) in [6.07, 6.45) is 3.28. The number of rotatable bonds is 10. The van der Waals surface area contributed by atoms with Gasteiger partial charge in [-0.05, 0) is 43.4 Å². The third kappa shape index (κ3) is 6.31. The molecule has 0 aromatic heterocycles. The molecule has 3 heterocycles. The Morgan fingerprint density at radius 1 is 1.05 bits per heavy atom. The number of nitrogens with one attached hydrogen (secondary N) is 2. The number of para-hydroxylation sites is 1. The van der Waals surface area contributed by atoms with Gasteiger partial charge in [-0.15, -0.1) is 0 Å². The van der Waals surface area contributed by atoms with Gasteiger partial charge in [-0.25, -0.2) is 9.89 Å². The molecule has 3 aliphatic heterocycles. The molecule has 1 fully saturated rings. The van der Waals surface area contributed by atoms with Gasteiger partial charge in [-0.1, -0.05) is 54.2 Å². The smallest absolute Gasteiger partial charge is 0.259 e. The normalized spacial score (nSPS) is 19.9. The van der Waals surface area contributed by atoms with Crippen molar-refractivity contribution in [3.05, 3.63) is 65.7 Å². The number of carbonyl (C=O) groups is 3. The summed E-state index contributed by atoms with van der Waals surface area (Å²) in [6, 6.07) is 16.8. The maximum atomic E-state index is 13.4. The molecule has 0 saturated carbocycles. The third-order valence-corrected chi connectivity index (χ3v) is 7.59. The van der Waals surface area contributed by atoms with E-state index in [2.05, 4.69) is 15.6 Å². The first-order valence-corrected chi connectivity index (χ1v) is 14.0. The Bertz CT molecular complexity index is 1240. The van der Waals surface area contributed by atoms with Crippen molar-refractivity contribution in [2.45, 2.75) is 44.2 Å². The van der Waals surface area contributed by atoms with Crippen LogP contribution in [-0.4, -0.2) is 71.2 Å². The molecule has 0 bridgehead atoms. The monoisotopic (exact) mass is 533 g/mol. The second kappa shape index (κ2) is 12.4. The Kier molecular flexibility index (Phi) is 8.50. The number of aliphatic imine (C=N–C) groups is 2. The fourth-order valence-electron chi connectivity index (χ4n) is 4.65. The minimum atomic E-state index is -0.671. The molecule has 38 heavy (non-hydrogen) atoms. The molecule has 2 atom stereocenters. The van der Waals surface area contributed by atoms with E-state index in [-0.39, 0.29) is 36.0 Å². The highest BCUT2D eigenvalue weighted by molar-refractivity contribution is 8.14. The number of benzene rings is 2. The summed E-state index contributed by atoms with van der Waals surface area (Å²) in [7, 11) is 0. The summed E-state index contributed by atoms with van der Waals surface area (Å²) in [5.41, 5.74) is 2.63. The molecule has 5 rings (SSSR count). The van der Waals surface area contributed by atoms with Crippen LogP contribution in [0.1, 0.15) is 36.8 Å². The lowest BCUT2D eigenvalue weighted by Crippen LogP contribution is -2.42. The van der Waals surface area contributed by atoms with Crippen LogP contribution in [0.5, 0.6) is 0 Å². The predicted octanol–water partition coefficient (Wildman–Crippen LogP) is 2.81. The lowest BCUT2D eigenvalue weighted by molar-refractivity contribution is -0.125.